The van der Waals surface area contributed by atoms with Crippen molar-refractivity contribution in [3.05, 3.63) is 43.3 Å². The van der Waals surface area contributed by atoms with Gasteiger partial charge in [0.05, 0.1) is 28.9 Å². The average Bonchev–Trinajstić information content (AvgIpc) is 3.02. The first-order valence-corrected chi connectivity index (χ1v) is 7.34. The SMILES string of the molecule is O=C([O-])COCc1cc2c(s1)C(=O)c1sccc1C2=O.[Na+]. The van der Waals surface area contributed by atoms with Gasteiger partial charge in [0, 0.05) is 16.0 Å². The summed E-state index contributed by atoms with van der Waals surface area (Å²) >= 11 is 2.41. The zero-order valence-electron chi connectivity index (χ0n) is 11.0. The van der Waals surface area contributed by atoms with Gasteiger partial charge in [0.1, 0.15) is 0 Å². The molecular formula is C13H7NaO5S2. The second kappa shape index (κ2) is 6.51. The van der Waals surface area contributed by atoms with E-state index >= 15 is 0 Å². The van der Waals surface area contributed by atoms with Crippen molar-refractivity contribution >= 4 is 40.2 Å². The van der Waals surface area contributed by atoms with Gasteiger partial charge in [0.2, 0.25) is 5.78 Å². The van der Waals surface area contributed by atoms with Crippen molar-refractivity contribution in [2.45, 2.75) is 6.61 Å². The molecule has 0 fully saturated rings. The van der Waals surface area contributed by atoms with Crippen LogP contribution in [0.4, 0.5) is 0 Å². The van der Waals surface area contributed by atoms with Gasteiger partial charge in [0.15, 0.2) is 5.78 Å². The first-order valence-electron chi connectivity index (χ1n) is 5.65. The van der Waals surface area contributed by atoms with Crippen molar-refractivity contribution in [2.75, 3.05) is 6.61 Å². The number of carboxylic acid groups (broad SMARTS) is 1. The van der Waals surface area contributed by atoms with E-state index in [1.807, 2.05) is 0 Å². The van der Waals surface area contributed by atoms with Crippen molar-refractivity contribution < 1.29 is 53.8 Å². The number of ketones is 2. The van der Waals surface area contributed by atoms with Crippen LogP contribution in [0.5, 0.6) is 0 Å². The number of ether oxygens (including phenoxy) is 1. The van der Waals surface area contributed by atoms with E-state index in [2.05, 4.69) is 0 Å². The molecule has 21 heavy (non-hydrogen) atoms. The zero-order valence-corrected chi connectivity index (χ0v) is 14.6. The second-order valence-corrected chi connectivity index (χ2v) is 6.19. The molecule has 0 amide bonds. The molecule has 0 saturated carbocycles. The predicted molar refractivity (Wildman–Crippen MR) is 70.2 cm³/mol. The van der Waals surface area contributed by atoms with Crippen molar-refractivity contribution in [3.8, 4) is 0 Å². The van der Waals surface area contributed by atoms with E-state index in [9.17, 15) is 19.5 Å². The van der Waals surface area contributed by atoms with Crippen LogP contribution in [0, 0.1) is 0 Å². The Morgan fingerprint density at radius 1 is 1.19 bits per heavy atom. The molecule has 1 aliphatic rings. The molecule has 102 valence electrons. The summed E-state index contributed by atoms with van der Waals surface area (Å²) in [6.07, 6.45) is 0. The Morgan fingerprint density at radius 2 is 1.95 bits per heavy atom. The van der Waals surface area contributed by atoms with Crippen LogP contribution in [0.3, 0.4) is 0 Å². The molecule has 3 rings (SSSR count). The van der Waals surface area contributed by atoms with Crippen molar-refractivity contribution in [3.63, 3.8) is 0 Å². The largest absolute Gasteiger partial charge is 1.00 e. The quantitative estimate of drug-likeness (QED) is 0.510. The maximum atomic E-state index is 12.2. The molecule has 2 aromatic rings. The molecule has 0 N–H and O–H groups in total. The Hall–Kier alpha value is -0.830. The fourth-order valence-electron chi connectivity index (χ4n) is 2.00. The Kier molecular flexibility index (Phi) is 5.13. The molecule has 0 saturated heterocycles. The summed E-state index contributed by atoms with van der Waals surface area (Å²) in [7, 11) is 0. The number of aliphatic carboxylic acids is 1. The fourth-order valence-corrected chi connectivity index (χ4v) is 3.94. The molecule has 0 aromatic carbocycles. The number of thiophene rings is 2. The van der Waals surface area contributed by atoms with E-state index in [4.69, 9.17) is 4.74 Å². The van der Waals surface area contributed by atoms with E-state index in [-0.39, 0.29) is 47.7 Å². The number of carbonyl (C=O) groups excluding carboxylic acids is 3. The van der Waals surface area contributed by atoms with E-state index in [0.717, 1.165) is 11.3 Å². The molecule has 8 heteroatoms. The molecule has 2 aromatic heterocycles. The molecule has 0 bridgehead atoms. The molecule has 2 heterocycles. The van der Waals surface area contributed by atoms with Crippen LogP contribution in [-0.2, 0) is 16.1 Å². The number of rotatable bonds is 4. The smallest absolute Gasteiger partial charge is 0.548 e. The first kappa shape index (κ1) is 16.5. The van der Waals surface area contributed by atoms with Gasteiger partial charge < -0.3 is 14.6 Å². The van der Waals surface area contributed by atoms with Gasteiger partial charge in [-0.3, -0.25) is 9.59 Å². The first-order chi connectivity index (χ1) is 9.58. The molecular weight excluding hydrogens is 323 g/mol. The maximum Gasteiger partial charge on any atom is 1.00 e. The Labute approximate surface area is 149 Å². The van der Waals surface area contributed by atoms with Crippen molar-refractivity contribution in [2.24, 2.45) is 0 Å². The van der Waals surface area contributed by atoms with Gasteiger partial charge >= 0.3 is 29.6 Å². The normalized spacial score (nSPS) is 12.6. The van der Waals surface area contributed by atoms with Crippen LogP contribution in [0.15, 0.2) is 17.5 Å². The van der Waals surface area contributed by atoms with Crippen molar-refractivity contribution in [1.29, 1.82) is 0 Å². The molecule has 5 nitrogen and oxygen atoms in total. The Balaban J connectivity index is 0.00000161. The fraction of sp³-hybridized carbons (Fsp3) is 0.154. The minimum absolute atomic E-state index is 0. The molecule has 0 atom stereocenters. The topological polar surface area (TPSA) is 83.5 Å². The Bertz CT molecular complexity index is 683. The molecule has 0 unspecified atom stereocenters. The molecule has 1 aliphatic carbocycles. The van der Waals surface area contributed by atoms with E-state index in [1.54, 1.807) is 17.5 Å². The summed E-state index contributed by atoms with van der Waals surface area (Å²) in [4.78, 5) is 36.2. The van der Waals surface area contributed by atoms with E-state index in [1.165, 1.54) is 11.3 Å². The zero-order chi connectivity index (χ0) is 14.3. The van der Waals surface area contributed by atoms with Crippen LogP contribution in [0.1, 0.15) is 35.3 Å². The molecule has 0 spiro atoms. The van der Waals surface area contributed by atoms with Gasteiger partial charge in [-0.1, -0.05) is 0 Å². The van der Waals surface area contributed by atoms with Crippen LogP contribution in [0.2, 0.25) is 0 Å². The number of carboxylic acids is 1. The third-order valence-corrected chi connectivity index (χ3v) is 4.83. The third-order valence-electron chi connectivity index (χ3n) is 2.81. The Morgan fingerprint density at radius 3 is 2.67 bits per heavy atom. The van der Waals surface area contributed by atoms with Crippen LogP contribution in [0.25, 0.3) is 0 Å². The summed E-state index contributed by atoms with van der Waals surface area (Å²) in [5.41, 5.74) is 0.811. The van der Waals surface area contributed by atoms with Crippen LogP contribution >= 0.6 is 22.7 Å². The number of carbonyl (C=O) groups is 3. The summed E-state index contributed by atoms with van der Waals surface area (Å²) in [5.74, 6) is -1.63. The monoisotopic (exact) mass is 330 g/mol. The maximum absolute atomic E-state index is 12.2. The van der Waals surface area contributed by atoms with Gasteiger partial charge in [-0.25, -0.2) is 0 Å². The van der Waals surface area contributed by atoms with E-state index < -0.39 is 12.6 Å². The van der Waals surface area contributed by atoms with Gasteiger partial charge in [-0.15, -0.1) is 22.7 Å². The van der Waals surface area contributed by atoms with Gasteiger partial charge in [-0.2, -0.15) is 0 Å². The van der Waals surface area contributed by atoms with Gasteiger partial charge in [0.25, 0.3) is 0 Å². The minimum atomic E-state index is -1.30. The van der Waals surface area contributed by atoms with Crippen molar-refractivity contribution in [1.82, 2.24) is 0 Å². The predicted octanol–water partition coefficient (Wildman–Crippen LogP) is -2.14. The van der Waals surface area contributed by atoms with E-state index in [0.29, 0.717) is 25.8 Å². The second-order valence-electron chi connectivity index (χ2n) is 4.14. The summed E-state index contributed by atoms with van der Waals surface area (Å²) < 4.78 is 4.92. The average molecular weight is 330 g/mol. The standard InChI is InChI=1S/C13H8O5S2.Na/c14-9(15)5-18-4-6-3-8-10(16)7-1-2-19-12(7)11(17)13(8)20-6;/h1-3H,4-5H2,(H,14,15);/q;+1/p-1. The summed E-state index contributed by atoms with van der Waals surface area (Å²) in [5, 5.41) is 12.0. The summed E-state index contributed by atoms with van der Waals surface area (Å²) in [6, 6.07) is 3.24. The minimum Gasteiger partial charge on any atom is -0.548 e. The number of hydrogen-bond donors (Lipinski definition) is 0. The third kappa shape index (κ3) is 3.03. The molecule has 0 radical (unpaired) electrons. The summed E-state index contributed by atoms with van der Waals surface area (Å²) in [6.45, 7) is -0.475. The van der Waals surface area contributed by atoms with Crippen LogP contribution < -0.4 is 34.7 Å². The molecule has 0 aliphatic heterocycles. The number of hydrogen-bond acceptors (Lipinski definition) is 7. The van der Waals surface area contributed by atoms with Gasteiger partial charge in [-0.05, 0) is 17.5 Å². The number of fused-ring (bicyclic) bond motifs is 2. The van der Waals surface area contributed by atoms with Crippen LogP contribution in [-0.4, -0.2) is 24.1 Å².